The number of benzene rings is 2. The van der Waals surface area contributed by atoms with Crippen LogP contribution in [-0.4, -0.2) is 15.3 Å². The smallest absolute Gasteiger partial charge is 0.268 e. The van der Waals surface area contributed by atoms with Crippen molar-refractivity contribution in [2.24, 2.45) is 0 Å². The molecule has 1 aliphatic heterocycles. The summed E-state index contributed by atoms with van der Waals surface area (Å²) < 4.78 is 1.78. The zero-order chi connectivity index (χ0) is 18.1. The van der Waals surface area contributed by atoms with Crippen molar-refractivity contribution < 1.29 is 0 Å². The van der Waals surface area contributed by atoms with Gasteiger partial charge in [0.2, 0.25) is 0 Å². The first-order chi connectivity index (χ1) is 12.6. The van der Waals surface area contributed by atoms with Gasteiger partial charge < -0.3 is 0 Å². The van der Waals surface area contributed by atoms with E-state index in [9.17, 15) is 4.79 Å². The van der Waals surface area contributed by atoms with E-state index in [4.69, 9.17) is 4.98 Å². The summed E-state index contributed by atoms with van der Waals surface area (Å²) >= 11 is 3.26. The maximum absolute atomic E-state index is 13.1. The molecule has 0 atom stereocenters. The number of aromatic nitrogens is 2. The monoisotopic (exact) mass is 380 g/mol. The molecule has 0 bridgehead atoms. The van der Waals surface area contributed by atoms with Crippen molar-refractivity contribution in [3.05, 3.63) is 81.3 Å². The van der Waals surface area contributed by atoms with Crippen molar-refractivity contribution in [3.8, 4) is 5.69 Å². The van der Waals surface area contributed by atoms with E-state index in [1.807, 2.05) is 24.3 Å². The molecule has 4 rings (SSSR count). The van der Waals surface area contributed by atoms with Crippen LogP contribution < -0.4 is 5.56 Å². The molecule has 3 aromatic rings. The highest BCUT2D eigenvalue weighted by Crippen LogP contribution is 2.31. The van der Waals surface area contributed by atoms with Crippen molar-refractivity contribution >= 4 is 23.5 Å². The first-order valence-electron chi connectivity index (χ1n) is 8.66. The molecule has 2 heterocycles. The molecular formula is C21H20N2OS2. The quantitative estimate of drug-likeness (QED) is 0.481. The fourth-order valence-corrected chi connectivity index (χ4v) is 5.15. The number of rotatable bonds is 4. The van der Waals surface area contributed by atoms with Gasteiger partial charge in [-0.2, -0.15) is 0 Å². The lowest BCUT2D eigenvalue weighted by Gasteiger charge is -2.14. The number of nitrogens with zero attached hydrogens (tertiary/aromatic N) is 2. The van der Waals surface area contributed by atoms with Crippen LogP contribution in [0.3, 0.4) is 0 Å². The van der Waals surface area contributed by atoms with Gasteiger partial charge in [0.15, 0.2) is 5.16 Å². The van der Waals surface area contributed by atoms with Crippen molar-refractivity contribution in [1.82, 2.24) is 9.55 Å². The summed E-state index contributed by atoms with van der Waals surface area (Å²) in [7, 11) is 0. The Morgan fingerprint density at radius 1 is 1.12 bits per heavy atom. The Labute approximate surface area is 161 Å². The van der Waals surface area contributed by atoms with Gasteiger partial charge >= 0.3 is 0 Å². The van der Waals surface area contributed by atoms with Gasteiger partial charge in [-0.25, -0.2) is 4.98 Å². The zero-order valence-corrected chi connectivity index (χ0v) is 16.5. The molecule has 0 aliphatic carbocycles. The van der Waals surface area contributed by atoms with Gasteiger partial charge in [0.1, 0.15) is 0 Å². The first kappa shape index (κ1) is 17.4. The maximum Gasteiger partial charge on any atom is 0.272 e. The minimum Gasteiger partial charge on any atom is -0.268 e. The molecule has 2 aromatic carbocycles. The van der Waals surface area contributed by atoms with Crippen LogP contribution >= 0.6 is 23.5 Å². The first-order valence-corrected chi connectivity index (χ1v) is 10.6. The topological polar surface area (TPSA) is 34.9 Å². The highest BCUT2D eigenvalue weighted by atomic mass is 32.2. The Morgan fingerprint density at radius 3 is 2.65 bits per heavy atom. The minimum absolute atomic E-state index is 0.0636. The molecule has 0 fully saturated rings. The molecular weight excluding hydrogens is 360 g/mol. The Kier molecular flexibility index (Phi) is 4.92. The molecule has 0 radical (unpaired) electrons. The zero-order valence-electron chi connectivity index (χ0n) is 14.9. The third-order valence-electron chi connectivity index (χ3n) is 4.58. The van der Waals surface area contributed by atoms with E-state index in [1.54, 1.807) is 28.1 Å². The van der Waals surface area contributed by atoms with Gasteiger partial charge in [-0.15, -0.1) is 11.8 Å². The third kappa shape index (κ3) is 3.33. The van der Waals surface area contributed by atoms with Gasteiger partial charge in [0.05, 0.1) is 16.3 Å². The molecule has 26 heavy (non-hydrogen) atoms. The van der Waals surface area contributed by atoms with Crippen LogP contribution in [0.1, 0.15) is 22.4 Å². The molecule has 0 N–H and O–H groups in total. The lowest BCUT2D eigenvalue weighted by atomic mass is 10.1. The molecule has 0 unspecified atom stereocenters. The summed E-state index contributed by atoms with van der Waals surface area (Å²) in [6.07, 6.45) is 0.877. The molecule has 3 nitrogen and oxygen atoms in total. The van der Waals surface area contributed by atoms with Gasteiger partial charge in [-0.1, -0.05) is 53.7 Å². The van der Waals surface area contributed by atoms with E-state index in [0.717, 1.165) is 39.4 Å². The fraction of sp³-hybridized carbons (Fsp3) is 0.238. The number of hydrogen-bond donors (Lipinski definition) is 0. The Morgan fingerprint density at radius 2 is 1.88 bits per heavy atom. The summed E-state index contributed by atoms with van der Waals surface area (Å²) in [6.45, 7) is 4.17. The van der Waals surface area contributed by atoms with Gasteiger partial charge in [-0.3, -0.25) is 9.36 Å². The van der Waals surface area contributed by atoms with Gasteiger partial charge in [0.25, 0.3) is 5.56 Å². The molecule has 0 amide bonds. The van der Waals surface area contributed by atoms with Crippen molar-refractivity contribution in [2.45, 2.75) is 36.1 Å². The van der Waals surface area contributed by atoms with Crippen LogP contribution in [0.25, 0.3) is 5.69 Å². The normalized spacial score (nSPS) is 13.0. The Balaban J connectivity index is 1.78. The van der Waals surface area contributed by atoms with Crippen molar-refractivity contribution in [3.63, 3.8) is 0 Å². The highest BCUT2D eigenvalue weighted by molar-refractivity contribution is 7.99. The average molecular weight is 381 g/mol. The summed E-state index contributed by atoms with van der Waals surface area (Å²) in [6, 6.07) is 16.5. The van der Waals surface area contributed by atoms with E-state index >= 15 is 0 Å². The average Bonchev–Trinajstić information content (AvgIpc) is 3.11. The lowest BCUT2D eigenvalue weighted by Crippen LogP contribution is -2.23. The van der Waals surface area contributed by atoms with Gasteiger partial charge in [0, 0.05) is 17.9 Å². The van der Waals surface area contributed by atoms with Crippen molar-refractivity contribution in [1.29, 1.82) is 0 Å². The fourth-order valence-electron chi connectivity index (χ4n) is 3.03. The van der Waals surface area contributed by atoms with E-state index in [1.165, 1.54) is 16.7 Å². The summed E-state index contributed by atoms with van der Waals surface area (Å²) in [4.78, 5) is 18.8. The molecule has 5 heteroatoms. The number of thioether (sulfide) groups is 2. The third-order valence-corrected chi connectivity index (χ3v) is 6.67. The highest BCUT2D eigenvalue weighted by Gasteiger charge is 2.22. The van der Waals surface area contributed by atoms with Crippen LogP contribution in [0.5, 0.6) is 0 Å². The number of aryl methyl sites for hydroxylation is 3. The summed E-state index contributed by atoms with van der Waals surface area (Å²) in [5, 5.41) is 0.781. The van der Waals surface area contributed by atoms with Crippen molar-refractivity contribution in [2.75, 3.05) is 5.75 Å². The van der Waals surface area contributed by atoms with Crippen LogP contribution in [0.4, 0.5) is 0 Å². The minimum atomic E-state index is 0.0636. The lowest BCUT2D eigenvalue weighted by molar-refractivity contribution is 0.739. The molecule has 132 valence electrons. The van der Waals surface area contributed by atoms with Crippen LogP contribution in [0, 0.1) is 13.8 Å². The molecule has 1 aliphatic rings. The molecule has 0 spiro atoms. The Hall–Kier alpha value is -1.98. The largest absolute Gasteiger partial charge is 0.272 e. The standard InChI is InChI=1S/C21H20N2OS2/c1-14-7-9-17(10-8-14)23-20(24)19-18(11-12-25-19)22-21(23)26-13-16-6-4-3-5-15(16)2/h3-10H,11-13H2,1-2H3. The van der Waals surface area contributed by atoms with Crippen LogP contribution in [-0.2, 0) is 12.2 Å². The van der Waals surface area contributed by atoms with E-state index in [0.29, 0.717) is 0 Å². The summed E-state index contributed by atoms with van der Waals surface area (Å²) in [5.41, 5.74) is 5.62. The van der Waals surface area contributed by atoms with E-state index in [2.05, 4.69) is 38.1 Å². The van der Waals surface area contributed by atoms with E-state index < -0.39 is 0 Å². The second kappa shape index (κ2) is 7.33. The second-order valence-corrected chi connectivity index (χ2v) is 8.51. The van der Waals surface area contributed by atoms with Crippen LogP contribution in [0.2, 0.25) is 0 Å². The summed E-state index contributed by atoms with van der Waals surface area (Å²) in [5.74, 6) is 1.74. The molecule has 1 aromatic heterocycles. The van der Waals surface area contributed by atoms with Gasteiger partial charge in [-0.05, 0) is 37.1 Å². The number of fused-ring (bicyclic) bond motifs is 1. The Bertz CT molecular complexity index is 1010. The molecule has 0 saturated heterocycles. The predicted molar refractivity (Wildman–Crippen MR) is 110 cm³/mol. The number of hydrogen-bond acceptors (Lipinski definition) is 4. The van der Waals surface area contributed by atoms with E-state index in [-0.39, 0.29) is 5.56 Å². The second-order valence-electron chi connectivity index (χ2n) is 6.46. The molecule has 0 saturated carbocycles. The predicted octanol–water partition coefficient (Wildman–Crippen LogP) is 4.79. The van der Waals surface area contributed by atoms with Crippen LogP contribution in [0.15, 0.2) is 63.4 Å². The maximum atomic E-state index is 13.1. The SMILES string of the molecule is Cc1ccc(-n2c(SCc3ccccc3C)nc3c(c2=O)SCC3)cc1.